The van der Waals surface area contributed by atoms with E-state index in [9.17, 15) is 0 Å². The molecule has 2 aromatic carbocycles. The van der Waals surface area contributed by atoms with Crippen LogP contribution in [0.5, 0.6) is 5.75 Å². The minimum atomic E-state index is 0.760. The smallest absolute Gasteiger partial charge is 0.119 e. The third kappa shape index (κ3) is 3.87. The molecule has 2 aromatic rings. The molecular formula is C20H24O. The van der Waals surface area contributed by atoms with Crippen molar-refractivity contribution in [2.75, 3.05) is 6.61 Å². The molecule has 0 unspecified atom stereocenters. The molecule has 0 atom stereocenters. The fourth-order valence-corrected chi connectivity index (χ4v) is 3.06. The summed E-state index contributed by atoms with van der Waals surface area (Å²) in [6.45, 7) is 3.00. The maximum absolute atomic E-state index is 5.96. The molecule has 1 fully saturated rings. The van der Waals surface area contributed by atoms with Crippen molar-refractivity contribution in [1.29, 1.82) is 0 Å². The molecule has 110 valence electrons. The van der Waals surface area contributed by atoms with Crippen molar-refractivity contribution in [3.8, 4) is 16.9 Å². The van der Waals surface area contributed by atoms with Crippen LogP contribution in [-0.2, 0) is 0 Å². The Morgan fingerprint density at radius 2 is 1.38 bits per heavy atom. The molecule has 0 amide bonds. The molecule has 1 nitrogen and oxygen atoms in total. The average Bonchev–Trinajstić information content (AvgIpc) is 2.55. The first-order chi connectivity index (χ1) is 10.3. The van der Waals surface area contributed by atoms with Gasteiger partial charge in [0, 0.05) is 0 Å². The zero-order chi connectivity index (χ0) is 14.5. The summed E-state index contributed by atoms with van der Waals surface area (Å²) >= 11 is 0. The highest BCUT2D eigenvalue weighted by Gasteiger charge is 2.13. The van der Waals surface area contributed by atoms with Gasteiger partial charge in [0.1, 0.15) is 5.75 Å². The second-order valence-corrected chi connectivity index (χ2v) is 6.21. The van der Waals surface area contributed by atoms with Crippen LogP contribution in [0.3, 0.4) is 0 Å². The summed E-state index contributed by atoms with van der Waals surface area (Å²) in [7, 11) is 0. The first-order valence-electron chi connectivity index (χ1n) is 8.11. The first kappa shape index (κ1) is 14.2. The average molecular weight is 280 g/mol. The summed E-state index contributed by atoms with van der Waals surface area (Å²) in [6, 6.07) is 17.2. The van der Waals surface area contributed by atoms with Crippen LogP contribution in [0.4, 0.5) is 0 Å². The van der Waals surface area contributed by atoms with Crippen LogP contribution < -0.4 is 4.74 Å². The van der Waals surface area contributed by atoms with E-state index in [0.29, 0.717) is 0 Å². The van der Waals surface area contributed by atoms with Gasteiger partial charge in [-0.1, -0.05) is 61.2 Å². The van der Waals surface area contributed by atoms with E-state index in [4.69, 9.17) is 4.74 Å². The van der Waals surface area contributed by atoms with E-state index in [1.807, 2.05) is 0 Å². The monoisotopic (exact) mass is 280 g/mol. The Kier molecular flexibility index (Phi) is 4.59. The van der Waals surface area contributed by atoms with E-state index >= 15 is 0 Å². The van der Waals surface area contributed by atoms with E-state index in [-0.39, 0.29) is 0 Å². The molecule has 0 N–H and O–H groups in total. The van der Waals surface area contributed by atoms with Crippen LogP contribution in [0.15, 0.2) is 48.5 Å². The van der Waals surface area contributed by atoms with E-state index in [1.165, 1.54) is 48.8 Å². The molecule has 21 heavy (non-hydrogen) atoms. The molecule has 0 spiro atoms. The molecule has 1 saturated carbocycles. The summed E-state index contributed by atoms with van der Waals surface area (Å²) in [5.74, 6) is 1.76. The lowest BCUT2D eigenvalue weighted by Crippen LogP contribution is -2.15. The second-order valence-electron chi connectivity index (χ2n) is 6.21. The maximum atomic E-state index is 5.96. The minimum Gasteiger partial charge on any atom is -0.493 e. The summed E-state index contributed by atoms with van der Waals surface area (Å²) in [5.41, 5.74) is 3.81. The van der Waals surface area contributed by atoms with Crippen molar-refractivity contribution in [3.05, 3.63) is 54.1 Å². The van der Waals surface area contributed by atoms with Crippen molar-refractivity contribution < 1.29 is 4.74 Å². The lowest BCUT2D eigenvalue weighted by atomic mass is 9.90. The minimum absolute atomic E-state index is 0.760. The molecule has 0 saturated heterocycles. The molecule has 1 aliphatic rings. The van der Waals surface area contributed by atoms with Crippen molar-refractivity contribution in [2.45, 2.75) is 39.0 Å². The highest BCUT2D eigenvalue weighted by molar-refractivity contribution is 5.64. The number of benzene rings is 2. The van der Waals surface area contributed by atoms with Gasteiger partial charge in [-0.25, -0.2) is 0 Å². The Hall–Kier alpha value is -1.76. The third-order valence-corrected chi connectivity index (χ3v) is 4.45. The summed E-state index contributed by atoms with van der Waals surface area (Å²) < 4.78 is 5.96. The highest BCUT2D eigenvalue weighted by Crippen LogP contribution is 2.26. The van der Waals surface area contributed by atoms with Gasteiger partial charge < -0.3 is 4.74 Å². The molecule has 1 aliphatic carbocycles. The normalized spacial score (nSPS) is 15.9. The van der Waals surface area contributed by atoms with Gasteiger partial charge in [0.05, 0.1) is 6.61 Å². The van der Waals surface area contributed by atoms with Gasteiger partial charge in [0.2, 0.25) is 0 Å². The zero-order valence-electron chi connectivity index (χ0n) is 12.8. The van der Waals surface area contributed by atoms with E-state index in [0.717, 1.165) is 18.3 Å². The lowest BCUT2D eigenvalue weighted by molar-refractivity contribution is 0.209. The van der Waals surface area contributed by atoms with Gasteiger partial charge in [0.15, 0.2) is 0 Å². The van der Waals surface area contributed by atoms with Crippen LogP contribution >= 0.6 is 0 Å². The van der Waals surface area contributed by atoms with Crippen LogP contribution in [-0.4, -0.2) is 6.61 Å². The zero-order valence-corrected chi connectivity index (χ0v) is 12.8. The number of ether oxygens (including phenoxy) is 1. The van der Waals surface area contributed by atoms with E-state index < -0.39 is 0 Å². The molecule has 0 aromatic heterocycles. The second kappa shape index (κ2) is 6.80. The molecule has 0 bridgehead atoms. The molecule has 0 aliphatic heterocycles. The van der Waals surface area contributed by atoms with Gasteiger partial charge in [0.25, 0.3) is 0 Å². The maximum Gasteiger partial charge on any atom is 0.119 e. The topological polar surface area (TPSA) is 9.23 Å². The number of aryl methyl sites for hydroxylation is 1. The van der Waals surface area contributed by atoms with Gasteiger partial charge in [-0.05, 0) is 48.9 Å². The van der Waals surface area contributed by atoms with Gasteiger partial charge in [-0.3, -0.25) is 0 Å². The van der Waals surface area contributed by atoms with Crippen molar-refractivity contribution in [2.24, 2.45) is 5.92 Å². The van der Waals surface area contributed by atoms with Crippen LogP contribution in [0.2, 0.25) is 0 Å². The number of hydrogen-bond donors (Lipinski definition) is 0. The van der Waals surface area contributed by atoms with Gasteiger partial charge in [-0.2, -0.15) is 0 Å². The van der Waals surface area contributed by atoms with Crippen molar-refractivity contribution in [3.63, 3.8) is 0 Å². The third-order valence-electron chi connectivity index (χ3n) is 4.45. The predicted molar refractivity (Wildman–Crippen MR) is 88.7 cm³/mol. The summed E-state index contributed by atoms with van der Waals surface area (Å²) in [4.78, 5) is 0. The molecule has 1 heteroatoms. The standard InChI is InChI=1S/C20H24O/c1-16-7-9-18(10-8-16)19-11-13-20(14-12-19)21-15-17-5-3-2-4-6-17/h7-14,17H,2-6,15H2,1H3. The largest absolute Gasteiger partial charge is 0.493 e. The molecule has 0 radical (unpaired) electrons. The molecular weight excluding hydrogens is 256 g/mol. The van der Waals surface area contributed by atoms with Gasteiger partial charge >= 0.3 is 0 Å². The van der Waals surface area contributed by atoms with Gasteiger partial charge in [-0.15, -0.1) is 0 Å². The molecule has 0 heterocycles. The van der Waals surface area contributed by atoms with E-state index in [2.05, 4.69) is 55.5 Å². The Morgan fingerprint density at radius 1 is 0.810 bits per heavy atom. The van der Waals surface area contributed by atoms with Crippen LogP contribution in [0.25, 0.3) is 11.1 Å². The Morgan fingerprint density at radius 3 is 2.00 bits per heavy atom. The summed E-state index contributed by atoms with van der Waals surface area (Å²) in [5, 5.41) is 0. The number of hydrogen-bond acceptors (Lipinski definition) is 1. The van der Waals surface area contributed by atoms with Crippen molar-refractivity contribution in [1.82, 2.24) is 0 Å². The van der Waals surface area contributed by atoms with Crippen molar-refractivity contribution >= 4 is 0 Å². The first-order valence-corrected chi connectivity index (χ1v) is 8.11. The fourth-order valence-electron chi connectivity index (χ4n) is 3.06. The predicted octanol–water partition coefficient (Wildman–Crippen LogP) is 5.62. The SMILES string of the molecule is Cc1ccc(-c2ccc(OCC3CCCCC3)cc2)cc1. The number of rotatable bonds is 4. The highest BCUT2D eigenvalue weighted by atomic mass is 16.5. The summed E-state index contributed by atoms with van der Waals surface area (Å²) in [6.07, 6.45) is 6.82. The van der Waals surface area contributed by atoms with Crippen LogP contribution in [0.1, 0.15) is 37.7 Å². The Balaban J connectivity index is 1.59. The Bertz CT molecular complexity index is 547. The quantitative estimate of drug-likeness (QED) is 0.706. The Labute approximate surface area is 128 Å². The molecule has 3 rings (SSSR count). The lowest BCUT2D eigenvalue weighted by Gasteiger charge is -2.21. The van der Waals surface area contributed by atoms with Crippen LogP contribution in [0, 0.1) is 12.8 Å². The fraction of sp³-hybridized carbons (Fsp3) is 0.400. The van der Waals surface area contributed by atoms with E-state index in [1.54, 1.807) is 0 Å².